The summed E-state index contributed by atoms with van der Waals surface area (Å²) < 4.78 is 23.0. The number of hydrogen-bond donors (Lipinski definition) is 0. The standard InChI is InChI=1S/4C13H10O/c1-9-5-4-7-11-10-6-2-3-8-12(10)14-13(9)11;1-9-5-4-8-12-13(9)10-6-2-3-7-11(10)14-12;1-9-6-7-13-11(8-9)10-4-2-3-5-12(10)14-13;1-9-6-7-11-10-4-2-3-5-12(10)14-13(11)8-9/h4*2-8H,1H3. The van der Waals surface area contributed by atoms with Crippen molar-refractivity contribution in [3.63, 3.8) is 0 Å². The maximum Gasteiger partial charge on any atom is 0.138 e. The summed E-state index contributed by atoms with van der Waals surface area (Å²) in [5.41, 5.74) is 12.8. The summed E-state index contributed by atoms with van der Waals surface area (Å²) >= 11 is 0. The molecule has 0 atom stereocenters. The molecule has 56 heavy (non-hydrogen) atoms. The fraction of sp³-hybridized carbons (Fsp3) is 0.0769. The van der Waals surface area contributed by atoms with Gasteiger partial charge >= 0.3 is 0 Å². The van der Waals surface area contributed by atoms with Crippen molar-refractivity contribution in [2.45, 2.75) is 27.7 Å². The third kappa shape index (κ3) is 6.56. The molecular weight excluding hydrogens is 689 g/mol. The van der Waals surface area contributed by atoms with Gasteiger partial charge in [-0.1, -0.05) is 127 Å². The van der Waals surface area contributed by atoms with Gasteiger partial charge in [0.1, 0.15) is 44.7 Å². The Balaban J connectivity index is 0.0000000975. The van der Waals surface area contributed by atoms with Gasteiger partial charge in [-0.2, -0.15) is 0 Å². The molecule has 4 aromatic heterocycles. The molecule has 0 saturated carbocycles. The highest BCUT2D eigenvalue weighted by Crippen LogP contribution is 2.33. The van der Waals surface area contributed by atoms with E-state index in [1.165, 1.54) is 65.3 Å². The Morgan fingerprint density at radius 2 is 0.696 bits per heavy atom. The van der Waals surface area contributed by atoms with Crippen LogP contribution in [0.2, 0.25) is 0 Å². The van der Waals surface area contributed by atoms with Crippen molar-refractivity contribution >= 4 is 87.8 Å². The molecular formula is C52H40O4. The lowest BCUT2D eigenvalue weighted by atomic mass is 10.1. The van der Waals surface area contributed by atoms with Gasteiger partial charge in [-0.05, 0) is 92.9 Å². The van der Waals surface area contributed by atoms with Gasteiger partial charge in [-0.15, -0.1) is 0 Å². The van der Waals surface area contributed by atoms with Gasteiger partial charge in [0.05, 0.1) is 0 Å². The van der Waals surface area contributed by atoms with E-state index in [-0.39, 0.29) is 0 Å². The number of hydrogen-bond acceptors (Lipinski definition) is 4. The number of para-hydroxylation sites is 5. The lowest BCUT2D eigenvalue weighted by Crippen LogP contribution is -1.72. The van der Waals surface area contributed by atoms with Crippen molar-refractivity contribution < 1.29 is 17.7 Å². The Morgan fingerprint density at radius 1 is 0.268 bits per heavy atom. The number of benzene rings is 8. The van der Waals surface area contributed by atoms with Crippen LogP contribution in [0.1, 0.15) is 22.3 Å². The minimum atomic E-state index is 0.966. The van der Waals surface area contributed by atoms with Crippen molar-refractivity contribution in [1.29, 1.82) is 0 Å². The molecule has 4 heterocycles. The Labute approximate surface area is 324 Å². The first-order valence-electron chi connectivity index (χ1n) is 18.9. The third-order valence-corrected chi connectivity index (χ3v) is 10.3. The van der Waals surface area contributed by atoms with E-state index in [4.69, 9.17) is 17.7 Å². The van der Waals surface area contributed by atoms with Crippen LogP contribution < -0.4 is 0 Å². The minimum Gasteiger partial charge on any atom is -0.456 e. The van der Waals surface area contributed by atoms with Crippen LogP contribution in [0.3, 0.4) is 0 Å². The van der Waals surface area contributed by atoms with E-state index in [1.807, 2.05) is 91.0 Å². The molecule has 272 valence electrons. The molecule has 0 saturated heterocycles. The van der Waals surface area contributed by atoms with Gasteiger partial charge in [0.15, 0.2) is 0 Å². The van der Waals surface area contributed by atoms with E-state index < -0.39 is 0 Å². The van der Waals surface area contributed by atoms with Gasteiger partial charge in [0.2, 0.25) is 0 Å². The van der Waals surface area contributed by atoms with E-state index in [1.54, 1.807) is 0 Å². The summed E-state index contributed by atoms with van der Waals surface area (Å²) in [5.74, 6) is 0. The molecule has 12 aromatic rings. The highest BCUT2D eigenvalue weighted by Gasteiger charge is 2.09. The molecule has 12 rings (SSSR count). The maximum absolute atomic E-state index is 5.78. The van der Waals surface area contributed by atoms with Crippen LogP contribution >= 0.6 is 0 Å². The van der Waals surface area contributed by atoms with Crippen LogP contribution in [-0.4, -0.2) is 0 Å². The molecule has 0 bridgehead atoms. The Kier molecular flexibility index (Phi) is 9.08. The summed E-state index contributed by atoms with van der Waals surface area (Å²) in [4.78, 5) is 0. The zero-order chi connectivity index (χ0) is 38.2. The topological polar surface area (TPSA) is 52.6 Å². The predicted octanol–water partition coefficient (Wildman–Crippen LogP) is 15.6. The van der Waals surface area contributed by atoms with Crippen molar-refractivity contribution in [2.75, 3.05) is 0 Å². The second kappa shape index (κ2) is 14.7. The first-order valence-corrected chi connectivity index (χ1v) is 18.9. The zero-order valence-electron chi connectivity index (χ0n) is 31.8. The number of furan rings is 4. The summed E-state index contributed by atoms with van der Waals surface area (Å²) in [6, 6.07) is 57.6. The van der Waals surface area contributed by atoms with Gasteiger partial charge in [-0.25, -0.2) is 0 Å². The van der Waals surface area contributed by atoms with Gasteiger partial charge < -0.3 is 17.7 Å². The predicted molar refractivity (Wildman–Crippen MR) is 234 cm³/mol. The van der Waals surface area contributed by atoms with Crippen LogP contribution in [0.4, 0.5) is 0 Å². The maximum atomic E-state index is 5.78. The lowest BCUT2D eigenvalue weighted by molar-refractivity contribution is 0.665. The molecule has 0 fully saturated rings. The average Bonchev–Trinajstić information content (AvgIpc) is 3.99. The fourth-order valence-electron chi connectivity index (χ4n) is 7.51. The van der Waals surface area contributed by atoms with Crippen LogP contribution in [0.15, 0.2) is 188 Å². The Hall–Kier alpha value is -7.04. The van der Waals surface area contributed by atoms with Crippen molar-refractivity contribution in [1.82, 2.24) is 0 Å². The van der Waals surface area contributed by atoms with Crippen LogP contribution in [-0.2, 0) is 0 Å². The summed E-state index contributed by atoms with van der Waals surface area (Å²) in [6.45, 7) is 8.36. The molecule has 8 aromatic carbocycles. The highest BCUT2D eigenvalue weighted by atomic mass is 16.3. The Morgan fingerprint density at radius 3 is 1.41 bits per heavy atom. The molecule has 0 aliphatic heterocycles. The van der Waals surface area contributed by atoms with Crippen molar-refractivity contribution in [3.05, 3.63) is 192 Å². The van der Waals surface area contributed by atoms with E-state index in [0.29, 0.717) is 0 Å². The molecule has 0 aliphatic rings. The number of fused-ring (bicyclic) bond motifs is 12. The molecule has 0 aliphatic carbocycles. The molecule has 0 amide bonds. The van der Waals surface area contributed by atoms with Crippen LogP contribution in [0.5, 0.6) is 0 Å². The van der Waals surface area contributed by atoms with Gasteiger partial charge in [0, 0.05) is 43.1 Å². The Bertz CT molecular complexity index is 3290. The highest BCUT2D eigenvalue weighted by molar-refractivity contribution is 6.08. The molecule has 4 nitrogen and oxygen atoms in total. The third-order valence-electron chi connectivity index (χ3n) is 10.3. The SMILES string of the molecule is Cc1ccc2c(c1)oc1ccccc12.Cc1ccc2oc3ccccc3c2c1.Cc1cccc2c1oc1ccccc12.Cc1cccc2oc3ccccc3c12. The largest absolute Gasteiger partial charge is 0.456 e. The molecule has 0 spiro atoms. The van der Waals surface area contributed by atoms with E-state index in [9.17, 15) is 0 Å². The molecule has 0 unspecified atom stereocenters. The normalized spacial score (nSPS) is 11.2. The smallest absolute Gasteiger partial charge is 0.138 e. The minimum absolute atomic E-state index is 0.966. The van der Waals surface area contributed by atoms with E-state index >= 15 is 0 Å². The van der Waals surface area contributed by atoms with E-state index in [2.05, 4.69) is 107 Å². The first-order chi connectivity index (χ1) is 27.4. The second-order valence-electron chi connectivity index (χ2n) is 14.3. The summed E-state index contributed by atoms with van der Waals surface area (Å²) in [7, 11) is 0. The number of rotatable bonds is 0. The summed E-state index contributed by atoms with van der Waals surface area (Å²) in [5, 5.41) is 9.66. The van der Waals surface area contributed by atoms with Gasteiger partial charge in [-0.3, -0.25) is 0 Å². The second-order valence-corrected chi connectivity index (χ2v) is 14.3. The van der Waals surface area contributed by atoms with Crippen molar-refractivity contribution in [3.8, 4) is 0 Å². The molecule has 4 heteroatoms. The number of aryl methyl sites for hydroxylation is 4. The quantitative estimate of drug-likeness (QED) is 0.156. The average molecular weight is 729 g/mol. The van der Waals surface area contributed by atoms with E-state index in [0.717, 1.165) is 44.7 Å². The monoisotopic (exact) mass is 728 g/mol. The van der Waals surface area contributed by atoms with Crippen molar-refractivity contribution in [2.24, 2.45) is 0 Å². The van der Waals surface area contributed by atoms with Crippen LogP contribution in [0, 0.1) is 27.7 Å². The fourth-order valence-corrected chi connectivity index (χ4v) is 7.51. The zero-order valence-corrected chi connectivity index (χ0v) is 31.8. The van der Waals surface area contributed by atoms with Crippen LogP contribution in [0.25, 0.3) is 87.8 Å². The lowest BCUT2D eigenvalue weighted by Gasteiger charge is -1.93. The first kappa shape index (κ1) is 34.7. The summed E-state index contributed by atoms with van der Waals surface area (Å²) in [6.07, 6.45) is 0. The molecule has 0 radical (unpaired) electrons. The molecule has 0 N–H and O–H groups in total. The van der Waals surface area contributed by atoms with Gasteiger partial charge in [0.25, 0.3) is 0 Å².